The van der Waals surface area contributed by atoms with Crippen molar-refractivity contribution in [2.24, 2.45) is 5.73 Å². The van der Waals surface area contributed by atoms with Gasteiger partial charge in [0.2, 0.25) is 11.5 Å². The van der Waals surface area contributed by atoms with Gasteiger partial charge in [-0.25, -0.2) is 0 Å². The predicted octanol–water partition coefficient (Wildman–Crippen LogP) is 5.57. The highest BCUT2D eigenvalue weighted by Gasteiger charge is 2.15. The van der Waals surface area contributed by atoms with Crippen molar-refractivity contribution in [3.05, 3.63) is 113 Å². The molecular weight excluding hydrogens is 470 g/mol. The minimum Gasteiger partial charge on any atom is -0.324 e. The fourth-order valence-electron chi connectivity index (χ4n) is 4.33. The first-order valence-corrected chi connectivity index (χ1v) is 12.1. The third-order valence-corrected chi connectivity index (χ3v) is 6.57. The van der Waals surface area contributed by atoms with Crippen molar-refractivity contribution < 1.29 is 4.79 Å². The van der Waals surface area contributed by atoms with Gasteiger partial charge in [0, 0.05) is 22.0 Å². The van der Waals surface area contributed by atoms with Gasteiger partial charge < -0.3 is 15.6 Å². The number of nitrogens with one attached hydrogen (secondary N) is 2. The normalized spacial score (nSPS) is 12.0. The van der Waals surface area contributed by atoms with Crippen LogP contribution in [0.15, 0.2) is 97.1 Å². The van der Waals surface area contributed by atoms with Crippen molar-refractivity contribution in [2.75, 3.05) is 5.32 Å². The molecule has 0 spiro atoms. The largest absolute Gasteiger partial charge is 0.324 e. The number of hydrogen-bond acceptors (Lipinski definition) is 3. The van der Waals surface area contributed by atoms with Gasteiger partial charge in [0.05, 0.1) is 23.6 Å². The Hall–Kier alpha value is -4.13. The van der Waals surface area contributed by atoms with Crippen LogP contribution in [-0.2, 0) is 11.3 Å². The van der Waals surface area contributed by atoms with Crippen LogP contribution in [0.4, 0.5) is 5.69 Å². The van der Waals surface area contributed by atoms with E-state index in [0.29, 0.717) is 22.9 Å². The molecule has 1 amide bonds. The molecule has 0 aliphatic carbocycles. The SMILES string of the molecule is C[C@H](N)C(=O)Nc1ccccc1-c1ccc(-n2c(=N)n(Cc3ccccc3Cl)c3ccccc32)cc1. The van der Waals surface area contributed by atoms with Gasteiger partial charge in [-0.1, -0.05) is 72.3 Å². The molecule has 5 rings (SSSR count). The first kappa shape index (κ1) is 23.6. The second kappa shape index (κ2) is 9.85. The van der Waals surface area contributed by atoms with Crippen LogP contribution in [0, 0.1) is 5.41 Å². The van der Waals surface area contributed by atoms with Gasteiger partial charge in [-0.2, -0.15) is 0 Å². The summed E-state index contributed by atoms with van der Waals surface area (Å²) in [6.07, 6.45) is 0. The average Bonchev–Trinajstić information content (AvgIpc) is 3.17. The summed E-state index contributed by atoms with van der Waals surface area (Å²) >= 11 is 6.42. The van der Waals surface area contributed by atoms with E-state index in [4.69, 9.17) is 22.7 Å². The molecule has 0 aliphatic heterocycles. The standard InChI is InChI=1S/C29H26ClN5O/c1-19(31)28(36)33-25-11-5-3-9-23(25)20-14-16-22(17-15-20)35-27-13-7-6-12-26(27)34(29(35)32)18-21-8-2-4-10-24(21)30/h2-17,19,32H,18,31H2,1H3,(H,33,36)/t19-/m0/s1. The Balaban J connectivity index is 1.55. The number of imidazole rings is 1. The number of aromatic nitrogens is 2. The van der Waals surface area contributed by atoms with E-state index in [9.17, 15) is 4.79 Å². The minimum atomic E-state index is -0.601. The zero-order valence-electron chi connectivity index (χ0n) is 19.8. The molecule has 7 heteroatoms. The summed E-state index contributed by atoms with van der Waals surface area (Å²) in [5, 5.41) is 12.6. The Bertz CT molecular complexity index is 1620. The first-order valence-electron chi connectivity index (χ1n) is 11.7. The molecular formula is C29H26ClN5O. The molecule has 0 aliphatic rings. The lowest BCUT2D eigenvalue weighted by Crippen LogP contribution is -2.32. The lowest BCUT2D eigenvalue weighted by molar-refractivity contribution is -0.117. The average molecular weight is 496 g/mol. The number of hydrogen-bond donors (Lipinski definition) is 3. The van der Waals surface area contributed by atoms with E-state index < -0.39 is 6.04 Å². The molecule has 4 N–H and O–H groups in total. The van der Waals surface area contributed by atoms with Gasteiger partial charge in [-0.3, -0.25) is 14.8 Å². The molecule has 0 saturated heterocycles. The highest BCUT2D eigenvalue weighted by atomic mass is 35.5. The van der Waals surface area contributed by atoms with Crippen molar-refractivity contribution in [3.8, 4) is 16.8 Å². The van der Waals surface area contributed by atoms with E-state index in [0.717, 1.165) is 33.4 Å². The van der Waals surface area contributed by atoms with Gasteiger partial charge in [0.25, 0.3) is 0 Å². The molecule has 1 heterocycles. The molecule has 5 aromatic rings. The maximum absolute atomic E-state index is 12.2. The van der Waals surface area contributed by atoms with Crippen LogP contribution in [-0.4, -0.2) is 21.1 Å². The van der Waals surface area contributed by atoms with E-state index in [1.165, 1.54) is 0 Å². The van der Waals surface area contributed by atoms with Gasteiger partial charge in [-0.15, -0.1) is 0 Å². The number of nitrogens with zero attached hydrogens (tertiary/aromatic N) is 2. The minimum absolute atomic E-state index is 0.236. The molecule has 0 fully saturated rings. The first-order chi connectivity index (χ1) is 17.4. The number of carbonyl (C=O) groups is 1. The van der Waals surface area contributed by atoms with Gasteiger partial charge in [-0.05, 0) is 54.4 Å². The monoisotopic (exact) mass is 495 g/mol. The fourth-order valence-corrected chi connectivity index (χ4v) is 4.52. The van der Waals surface area contributed by atoms with E-state index in [-0.39, 0.29) is 5.91 Å². The fraction of sp³-hybridized carbons (Fsp3) is 0.103. The van der Waals surface area contributed by atoms with Crippen molar-refractivity contribution in [3.63, 3.8) is 0 Å². The molecule has 1 aromatic heterocycles. The molecule has 180 valence electrons. The Kier molecular flexibility index (Phi) is 6.46. The van der Waals surface area contributed by atoms with Gasteiger partial charge in [0.1, 0.15) is 0 Å². The number of para-hydroxylation sites is 3. The highest BCUT2D eigenvalue weighted by Crippen LogP contribution is 2.29. The number of benzene rings is 4. The van der Waals surface area contributed by atoms with E-state index in [1.54, 1.807) is 6.92 Å². The molecule has 4 aromatic carbocycles. The Morgan fingerprint density at radius 2 is 1.56 bits per heavy atom. The maximum atomic E-state index is 12.2. The number of halogens is 1. The maximum Gasteiger partial charge on any atom is 0.241 e. The zero-order valence-corrected chi connectivity index (χ0v) is 20.5. The molecule has 0 radical (unpaired) electrons. The molecule has 0 unspecified atom stereocenters. The predicted molar refractivity (Wildman–Crippen MR) is 145 cm³/mol. The van der Waals surface area contributed by atoms with Crippen LogP contribution in [0.25, 0.3) is 27.8 Å². The quantitative estimate of drug-likeness (QED) is 0.287. The van der Waals surface area contributed by atoms with Crippen LogP contribution < -0.4 is 16.7 Å². The summed E-state index contributed by atoms with van der Waals surface area (Å²) in [6.45, 7) is 2.15. The third kappa shape index (κ3) is 4.44. The van der Waals surface area contributed by atoms with Crippen molar-refractivity contribution in [2.45, 2.75) is 19.5 Å². The van der Waals surface area contributed by atoms with E-state index in [2.05, 4.69) is 5.32 Å². The van der Waals surface area contributed by atoms with Gasteiger partial charge in [0.15, 0.2) is 0 Å². The highest BCUT2D eigenvalue weighted by molar-refractivity contribution is 6.31. The van der Waals surface area contributed by atoms with Crippen LogP contribution in [0.3, 0.4) is 0 Å². The summed E-state index contributed by atoms with van der Waals surface area (Å²) in [6, 6.07) is 30.7. The Morgan fingerprint density at radius 1 is 0.917 bits per heavy atom. The Morgan fingerprint density at radius 3 is 2.28 bits per heavy atom. The smallest absolute Gasteiger partial charge is 0.241 e. The zero-order chi connectivity index (χ0) is 25.2. The second-order valence-corrected chi connectivity index (χ2v) is 9.10. The van der Waals surface area contributed by atoms with Crippen LogP contribution in [0.2, 0.25) is 5.02 Å². The lowest BCUT2D eigenvalue weighted by atomic mass is 10.0. The number of nitrogens with two attached hydrogens (primary N) is 1. The number of amides is 1. The number of fused-ring (bicyclic) bond motifs is 1. The van der Waals surface area contributed by atoms with Crippen LogP contribution in [0.5, 0.6) is 0 Å². The topological polar surface area (TPSA) is 88.8 Å². The van der Waals surface area contributed by atoms with Crippen LogP contribution in [0.1, 0.15) is 12.5 Å². The number of rotatable bonds is 6. The summed E-state index contributed by atoms with van der Waals surface area (Å²) in [5.41, 5.74) is 12.4. The van der Waals surface area contributed by atoms with Crippen molar-refractivity contribution in [1.29, 1.82) is 5.41 Å². The molecule has 36 heavy (non-hydrogen) atoms. The van der Waals surface area contributed by atoms with E-state index in [1.807, 2.05) is 106 Å². The molecule has 6 nitrogen and oxygen atoms in total. The summed E-state index contributed by atoms with van der Waals surface area (Å²) < 4.78 is 3.89. The van der Waals surface area contributed by atoms with Gasteiger partial charge >= 0.3 is 0 Å². The lowest BCUT2D eigenvalue weighted by Gasteiger charge is -2.13. The molecule has 0 saturated carbocycles. The summed E-state index contributed by atoms with van der Waals surface area (Å²) in [5.74, 6) is -0.236. The molecule has 0 bridgehead atoms. The molecule has 1 atom stereocenters. The van der Waals surface area contributed by atoms with Crippen molar-refractivity contribution >= 4 is 34.2 Å². The number of carbonyl (C=O) groups excluding carboxylic acids is 1. The van der Waals surface area contributed by atoms with Crippen molar-refractivity contribution in [1.82, 2.24) is 9.13 Å². The second-order valence-electron chi connectivity index (χ2n) is 8.70. The third-order valence-electron chi connectivity index (χ3n) is 6.20. The summed E-state index contributed by atoms with van der Waals surface area (Å²) in [4.78, 5) is 12.2. The Labute approximate surface area is 214 Å². The number of anilines is 1. The van der Waals surface area contributed by atoms with E-state index >= 15 is 0 Å². The van der Waals surface area contributed by atoms with Crippen LogP contribution >= 0.6 is 11.6 Å². The summed E-state index contributed by atoms with van der Waals surface area (Å²) in [7, 11) is 0.